The topological polar surface area (TPSA) is 156 Å². The van der Waals surface area contributed by atoms with Crippen molar-refractivity contribution in [2.75, 3.05) is 45.2 Å². The molecule has 3 amide bonds. The number of likely N-dealkylation sites (N-methyl/N-ethyl adjacent to an activating group) is 1. The lowest BCUT2D eigenvalue weighted by atomic mass is 9.84. The van der Waals surface area contributed by atoms with Crippen molar-refractivity contribution in [1.82, 2.24) is 10.2 Å². The first-order chi connectivity index (χ1) is 23.9. The highest BCUT2D eigenvalue weighted by Crippen LogP contribution is 2.49. The number of thioether (sulfide) groups is 1. The zero-order chi connectivity index (χ0) is 38.4. The van der Waals surface area contributed by atoms with Crippen molar-refractivity contribution in [3.05, 3.63) is 34.4 Å². The van der Waals surface area contributed by atoms with Crippen LogP contribution in [0.2, 0.25) is 5.02 Å². The van der Waals surface area contributed by atoms with Crippen molar-refractivity contribution in [1.29, 1.82) is 0 Å². The summed E-state index contributed by atoms with van der Waals surface area (Å²) in [7, 11) is 6.04. The first-order valence-electron chi connectivity index (χ1n) is 17.0. The SMILES string of the molecule is C/C=C(\C)Cc1cc(OC)c(Cl)c(N(C)C(=O)C[C@H](OC(=O)[C@H](C)N(C)C(=O)CCSC)[C@]2(C)O[C@H]2[C@H](C)[C@@H]2C[C@](O)([C@@H](C)OC)NC(=O)O2)c1. The molecule has 0 saturated carbocycles. The quantitative estimate of drug-likeness (QED) is 0.129. The number of cyclic esters (lactones) is 1. The van der Waals surface area contributed by atoms with Crippen LogP contribution in [0.5, 0.6) is 5.75 Å². The van der Waals surface area contributed by atoms with Gasteiger partial charge in [0.15, 0.2) is 5.72 Å². The van der Waals surface area contributed by atoms with Gasteiger partial charge in [-0.3, -0.25) is 14.9 Å². The Kier molecular flexibility index (Phi) is 14.7. The third-order valence-electron chi connectivity index (χ3n) is 10.2. The summed E-state index contributed by atoms with van der Waals surface area (Å²) in [6.45, 7) is 10.7. The molecule has 0 radical (unpaired) electrons. The third kappa shape index (κ3) is 9.89. The summed E-state index contributed by atoms with van der Waals surface area (Å²) in [5, 5.41) is 13.9. The van der Waals surface area contributed by atoms with Gasteiger partial charge >= 0.3 is 12.1 Å². The second-order valence-electron chi connectivity index (χ2n) is 13.6. The third-order valence-corrected chi connectivity index (χ3v) is 11.2. The maximum absolute atomic E-state index is 14.1. The highest BCUT2D eigenvalue weighted by Gasteiger charge is 2.64. The molecule has 51 heavy (non-hydrogen) atoms. The number of halogens is 1. The molecular formula is C36H54ClN3O10S. The predicted molar refractivity (Wildman–Crippen MR) is 196 cm³/mol. The number of aliphatic hydroxyl groups is 1. The van der Waals surface area contributed by atoms with Crippen molar-refractivity contribution in [2.45, 2.75) is 109 Å². The number of methoxy groups -OCH3 is 2. The molecule has 2 aliphatic rings. The van der Waals surface area contributed by atoms with Gasteiger partial charge in [-0.15, -0.1) is 0 Å². The molecule has 13 nitrogen and oxygen atoms in total. The van der Waals surface area contributed by atoms with Gasteiger partial charge in [-0.05, 0) is 65.0 Å². The number of nitrogens with zero attached hydrogens (tertiary/aromatic N) is 2. The molecule has 0 spiro atoms. The number of carbonyl (C=O) groups excluding carboxylic acids is 4. The van der Waals surface area contributed by atoms with E-state index in [1.807, 2.05) is 38.3 Å². The maximum Gasteiger partial charge on any atom is 0.409 e. The van der Waals surface area contributed by atoms with Crippen molar-refractivity contribution in [3.63, 3.8) is 0 Å². The van der Waals surface area contributed by atoms with Crippen molar-refractivity contribution in [3.8, 4) is 5.75 Å². The minimum absolute atomic E-state index is 0.000326. The van der Waals surface area contributed by atoms with E-state index in [2.05, 4.69) is 5.32 Å². The summed E-state index contributed by atoms with van der Waals surface area (Å²) < 4.78 is 28.7. The number of ether oxygens (including phenoxy) is 5. The van der Waals surface area contributed by atoms with Crippen LogP contribution in [0.15, 0.2) is 23.8 Å². The molecular weight excluding hydrogens is 702 g/mol. The molecule has 0 aliphatic carbocycles. The Morgan fingerprint density at radius 3 is 2.45 bits per heavy atom. The maximum atomic E-state index is 14.1. The highest BCUT2D eigenvalue weighted by atomic mass is 35.5. The highest BCUT2D eigenvalue weighted by molar-refractivity contribution is 7.98. The first kappa shape index (κ1) is 42.4. The fourth-order valence-corrected chi connectivity index (χ4v) is 6.84. The Morgan fingerprint density at radius 2 is 1.86 bits per heavy atom. The molecule has 2 heterocycles. The van der Waals surface area contributed by atoms with Crippen LogP contribution in [0.3, 0.4) is 0 Å². The average molecular weight is 756 g/mol. The van der Waals surface area contributed by atoms with Gasteiger partial charge in [-0.2, -0.15) is 11.8 Å². The number of carbonyl (C=O) groups is 4. The molecule has 3 rings (SSSR count). The molecule has 0 unspecified atom stereocenters. The van der Waals surface area contributed by atoms with Gasteiger partial charge < -0.3 is 38.6 Å². The Hall–Kier alpha value is -3.04. The normalized spacial score (nSPS) is 25.4. The second-order valence-corrected chi connectivity index (χ2v) is 15.0. The number of nitrogens with one attached hydrogen (secondary N) is 1. The summed E-state index contributed by atoms with van der Waals surface area (Å²) in [5.74, 6) is -0.841. The molecule has 286 valence electrons. The van der Waals surface area contributed by atoms with Gasteiger partial charge in [0.1, 0.15) is 40.7 Å². The van der Waals surface area contributed by atoms with E-state index < -0.39 is 65.7 Å². The molecule has 0 bridgehead atoms. The molecule has 15 heteroatoms. The smallest absolute Gasteiger partial charge is 0.409 e. The second kappa shape index (κ2) is 17.7. The zero-order valence-electron chi connectivity index (χ0n) is 31.5. The summed E-state index contributed by atoms with van der Waals surface area (Å²) >= 11 is 8.24. The van der Waals surface area contributed by atoms with Crippen LogP contribution in [-0.4, -0.2) is 116 Å². The number of epoxide rings is 1. The van der Waals surface area contributed by atoms with E-state index >= 15 is 0 Å². The molecule has 2 N–H and O–H groups in total. The van der Waals surface area contributed by atoms with Gasteiger partial charge in [-0.1, -0.05) is 30.2 Å². The predicted octanol–water partition coefficient (Wildman–Crippen LogP) is 4.74. The summed E-state index contributed by atoms with van der Waals surface area (Å²) in [6.07, 6.45) is 0.359. The number of alkyl carbamates (subject to hydrolysis) is 1. The fraction of sp³-hybridized carbons (Fsp3) is 0.667. The summed E-state index contributed by atoms with van der Waals surface area (Å²) in [4.78, 5) is 55.7. The average Bonchev–Trinajstić information content (AvgIpc) is 3.80. The van der Waals surface area contributed by atoms with E-state index in [0.717, 1.165) is 11.1 Å². The van der Waals surface area contributed by atoms with Crippen LogP contribution >= 0.6 is 23.4 Å². The lowest BCUT2D eigenvalue weighted by molar-refractivity contribution is -0.162. The number of benzene rings is 1. The monoisotopic (exact) mass is 755 g/mol. The van der Waals surface area contributed by atoms with Crippen LogP contribution in [0, 0.1) is 5.92 Å². The number of rotatable bonds is 17. The lowest BCUT2D eigenvalue weighted by Gasteiger charge is -2.41. The number of hydrogen-bond acceptors (Lipinski definition) is 11. The number of allylic oxidation sites excluding steroid dienone is 2. The largest absolute Gasteiger partial charge is 0.495 e. The van der Waals surface area contributed by atoms with Gasteiger partial charge in [0.05, 0.1) is 25.3 Å². The minimum Gasteiger partial charge on any atom is -0.495 e. The Balaban J connectivity index is 1.93. The molecule has 2 saturated heterocycles. The Labute approximate surface area is 310 Å². The van der Waals surface area contributed by atoms with Crippen LogP contribution in [0.4, 0.5) is 10.5 Å². The number of anilines is 1. The molecule has 0 aromatic heterocycles. The number of amides is 3. The number of esters is 1. The fourth-order valence-electron chi connectivity index (χ4n) is 6.15. The van der Waals surface area contributed by atoms with Crippen LogP contribution < -0.4 is 15.0 Å². The molecule has 2 fully saturated rings. The van der Waals surface area contributed by atoms with Gasteiger partial charge in [0.2, 0.25) is 11.8 Å². The minimum atomic E-state index is -1.69. The van der Waals surface area contributed by atoms with E-state index in [9.17, 15) is 24.3 Å². The summed E-state index contributed by atoms with van der Waals surface area (Å²) in [5.41, 5.74) is -0.468. The van der Waals surface area contributed by atoms with E-state index in [-0.39, 0.29) is 30.2 Å². The van der Waals surface area contributed by atoms with Crippen molar-refractivity contribution >= 4 is 52.9 Å². The molecule has 1 aromatic carbocycles. The van der Waals surface area contributed by atoms with Crippen LogP contribution in [-0.2, 0) is 39.8 Å². The van der Waals surface area contributed by atoms with E-state index in [1.165, 1.54) is 42.8 Å². The van der Waals surface area contributed by atoms with E-state index in [4.69, 9.17) is 35.3 Å². The van der Waals surface area contributed by atoms with E-state index in [0.29, 0.717) is 23.6 Å². The molecule has 2 aliphatic heterocycles. The molecule has 8 atom stereocenters. The van der Waals surface area contributed by atoms with Crippen LogP contribution in [0.1, 0.15) is 66.4 Å². The van der Waals surface area contributed by atoms with Gasteiger partial charge in [0.25, 0.3) is 0 Å². The van der Waals surface area contributed by atoms with Crippen LogP contribution in [0.25, 0.3) is 0 Å². The lowest BCUT2D eigenvalue weighted by Crippen LogP contribution is -2.63. The summed E-state index contributed by atoms with van der Waals surface area (Å²) in [6, 6.07) is 2.70. The molecule has 1 aromatic rings. The van der Waals surface area contributed by atoms with Gasteiger partial charge in [0, 0.05) is 45.7 Å². The van der Waals surface area contributed by atoms with E-state index in [1.54, 1.807) is 34.7 Å². The first-order valence-corrected chi connectivity index (χ1v) is 18.8. The Bertz CT molecular complexity index is 1480. The standard InChI is InChI=1S/C36H54ClN3O10S/c1-12-20(2)15-24-16-25(31(37)26(17-24)47-10)40(8)30(42)18-28(49-33(43)22(4)39(7)29(41)13-14-51-11)35(6)32(50-35)21(3)27-19-36(45,23(5)46-9)38-34(44)48-27/h12,16-17,21-23,27-28,32,45H,13-15,18-19H2,1-11H3,(H,38,44)/b20-12+/t21-,22+,23-,27+,28+,32+,35+,36+/m1/s1. The number of hydrogen-bond donors (Lipinski definition) is 2. The zero-order valence-corrected chi connectivity index (χ0v) is 33.1. The van der Waals surface area contributed by atoms with Crippen molar-refractivity contribution in [2.24, 2.45) is 5.92 Å². The Morgan fingerprint density at radius 1 is 1.20 bits per heavy atom. The van der Waals surface area contributed by atoms with Crippen molar-refractivity contribution < 1.29 is 48.0 Å². The van der Waals surface area contributed by atoms with Gasteiger partial charge in [-0.25, -0.2) is 9.59 Å².